The summed E-state index contributed by atoms with van der Waals surface area (Å²) in [6.07, 6.45) is 1.28. The zero-order valence-electron chi connectivity index (χ0n) is 7.74. The number of hydrogen-bond acceptors (Lipinski definition) is 4. The van der Waals surface area contributed by atoms with Gasteiger partial charge in [-0.05, 0) is 12.8 Å². The maximum Gasteiger partial charge on any atom is 0.305 e. The molecule has 0 amide bonds. The number of nitrogens with two attached hydrogens (primary N) is 1. The average Bonchev–Trinajstić information content (AvgIpc) is 2.83. The number of phenols is 1. The summed E-state index contributed by atoms with van der Waals surface area (Å²) in [5, 5.41) is 19.9. The molecule has 0 radical (unpaired) electrons. The summed E-state index contributed by atoms with van der Waals surface area (Å²) in [5.74, 6) is -1.37. The van der Waals surface area contributed by atoms with E-state index < -0.39 is 22.0 Å². The lowest BCUT2D eigenvalue weighted by Crippen LogP contribution is -2.19. The minimum absolute atomic E-state index is 0.246. The zero-order valence-corrected chi connectivity index (χ0v) is 7.74. The number of nitro benzene ring substituents is 1. The monoisotopic (exact) mass is 212 g/mol. The van der Waals surface area contributed by atoms with Crippen LogP contribution in [0.15, 0.2) is 12.1 Å². The summed E-state index contributed by atoms with van der Waals surface area (Å²) in [4.78, 5) is 9.65. The van der Waals surface area contributed by atoms with Crippen LogP contribution >= 0.6 is 0 Å². The smallest absolute Gasteiger partial charge is 0.305 e. The first-order chi connectivity index (χ1) is 6.94. The lowest BCUT2D eigenvalue weighted by atomic mass is 10.0. The summed E-state index contributed by atoms with van der Waals surface area (Å²) in [5.41, 5.74) is 4.66. The second-order valence-corrected chi connectivity index (χ2v) is 3.73. The van der Waals surface area contributed by atoms with Crippen LogP contribution in [0.2, 0.25) is 0 Å². The lowest BCUT2D eigenvalue weighted by molar-refractivity contribution is -0.387. The Balaban J connectivity index is 2.56. The molecule has 6 heteroatoms. The molecule has 1 aliphatic rings. The standard InChI is InChI=1S/C9H9FN2O3/c10-6-4-8(13)5(9(11)1-2-9)3-7(6)12(14)15/h3-4,13H,1-2,11H2. The van der Waals surface area contributed by atoms with Gasteiger partial charge in [0.1, 0.15) is 5.75 Å². The van der Waals surface area contributed by atoms with Gasteiger partial charge in [-0.25, -0.2) is 0 Å². The van der Waals surface area contributed by atoms with Crippen molar-refractivity contribution in [3.8, 4) is 5.75 Å². The molecule has 1 aromatic carbocycles. The van der Waals surface area contributed by atoms with E-state index in [9.17, 15) is 19.6 Å². The van der Waals surface area contributed by atoms with Crippen LogP contribution in [0.3, 0.4) is 0 Å². The number of nitro groups is 1. The van der Waals surface area contributed by atoms with Gasteiger partial charge in [0.05, 0.1) is 4.92 Å². The van der Waals surface area contributed by atoms with E-state index in [4.69, 9.17) is 5.73 Å². The number of halogens is 1. The van der Waals surface area contributed by atoms with Crippen LogP contribution in [-0.2, 0) is 5.54 Å². The third-order valence-electron chi connectivity index (χ3n) is 2.59. The Hall–Kier alpha value is -1.69. The SMILES string of the molecule is NC1(c2cc([N+](=O)[O-])c(F)cc2O)CC1. The maximum absolute atomic E-state index is 13.0. The molecule has 0 aliphatic heterocycles. The summed E-state index contributed by atoms with van der Waals surface area (Å²) >= 11 is 0. The summed E-state index contributed by atoms with van der Waals surface area (Å²) in [6.45, 7) is 0. The van der Waals surface area contributed by atoms with Crippen LogP contribution in [0.1, 0.15) is 18.4 Å². The van der Waals surface area contributed by atoms with Crippen LogP contribution in [0.4, 0.5) is 10.1 Å². The summed E-state index contributed by atoms with van der Waals surface area (Å²) in [6, 6.07) is 1.75. The first-order valence-corrected chi connectivity index (χ1v) is 4.40. The molecule has 2 rings (SSSR count). The van der Waals surface area contributed by atoms with Gasteiger partial charge < -0.3 is 10.8 Å². The maximum atomic E-state index is 13.0. The molecule has 1 saturated carbocycles. The van der Waals surface area contributed by atoms with E-state index in [0.717, 1.165) is 12.1 Å². The van der Waals surface area contributed by atoms with Gasteiger partial charge in [-0.15, -0.1) is 0 Å². The van der Waals surface area contributed by atoms with E-state index in [1.54, 1.807) is 0 Å². The molecular weight excluding hydrogens is 203 g/mol. The van der Waals surface area contributed by atoms with E-state index in [-0.39, 0.29) is 11.3 Å². The number of phenolic OH excluding ortho intramolecular Hbond substituents is 1. The van der Waals surface area contributed by atoms with Gasteiger partial charge in [-0.3, -0.25) is 10.1 Å². The highest BCUT2D eigenvalue weighted by molar-refractivity contribution is 5.49. The summed E-state index contributed by atoms with van der Waals surface area (Å²) in [7, 11) is 0. The Labute approximate surface area is 84.5 Å². The highest BCUT2D eigenvalue weighted by Crippen LogP contribution is 2.47. The lowest BCUT2D eigenvalue weighted by Gasteiger charge is -2.10. The number of rotatable bonds is 2. The van der Waals surface area contributed by atoms with Crippen LogP contribution in [0, 0.1) is 15.9 Å². The molecule has 0 heterocycles. The molecule has 5 nitrogen and oxygen atoms in total. The van der Waals surface area contributed by atoms with Gasteiger partial charge in [-0.2, -0.15) is 4.39 Å². The molecule has 3 N–H and O–H groups in total. The highest BCUT2D eigenvalue weighted by Gasteiger charge is 2.43. The van der Waals surface area contributed by atoms with Crippen molar-refractivity contribution in [1.82, 2.24) is 0 Å². The molecule has 80 valence electrons. The number of hydrogen-bond donors (Lipinski definition) is 2. The molecular formula is C9H9FN2O3. The molecule has 0 spiro atoms. The summed E-state index contributed by atoms with van der Waals surface area (Å²) < 4.78 is 13.0. The highest BCUT2D eigenvalue weighted by atomic mass is 19.1. The van der Waals surface area contributed by atoms with Crippen molar-refractivity contribution in [3.05, 3.63) is 33.6 Å². The van der Waals surface area contributed by atoms with Gasteiger partial charge in [0.15, 0.2) is 0 Å². The quantitative estimate of drug-likeness (QED) is 0.572. The minimum atomic E-state index is -1.05. The average molecular weight is 212 g/mol. The van der Waals surface area contributed by atoms with Gasteiger partial charge in [0.2, 0.25) is 5.82 Å². The molecule has 1 aliphatic carbocycles. The van der Waals surface area contributed by atoms with Gasteiger partial charge in [-0.1, -0.05) is 0 Å². The molecule has 0 atom stereocenters. The van der Waals surface area contributed by atoms with Gasteiger partial charge >= 0.3 is 5.69 Å². The Morgan fingerprint density at radius 2 is 2.13 bits per heavy atom. The van der Waals surface area contributed by atoms with Crippen molar-refractivity contribution in [2.45, 2.75) is 18.4 Å². The van der Waals surface area contributed by atoms with Crippen LogP contribution in [-0.4, -0.2) is 10.0 Å². The first kappa shape index (κ1) is 9.85. The molecule has 0 bridgehead atoms. The minimum Gasteiger partial charge on any atom is -0.507 e. The third-order valence-corrected chi connectivity index (χ3v) is 2.59. The van der Waals surface area contributed by atoms with Crippen molar-refractivity contribution in [1.29, 1.82) is 0 Å². The molecule has 1 fully saturated rings. The fourth-order valence-electron chi connectivity index (χ4n) is 1.49. The molecule has 0 saturated heterocycles. The van der Waals surface area contributed by atoms with E-state index in [2.05, 4.69) is 0 Å². The van der Waals surface area contributed by atoms with Crippen molar-refractivity contribution in [3.63, 3.8) is 0 Å². The Bertz CT molecular complexity index is 443. The second kappa shape index (κ2) is 2.90. The number of aromatic hydroxyl groups is 1. The Morgan fingerprint density at radius 1 is 1.53 bits per heavy atom. The van der Waals surface area contributed by atoms with Crippen LogP contribution in [0.25, 0.3) is 0 Å². The fraction of sp³-hybridized carbons (Fsp3) is 0.333. The normalized spacial score (nSPS) is 17.5. The number of benzene rings is 1. The molecule has 1 aromatic rings. The Morgan fingerprint density at radius 3 is 2.60 bits per heavy atom. The van der Waals surface area contributed by atoms with E-state index in [1.807, 2.05) is 0 Å². The van der Waals surface area contributed by atoms with Gasteiger partial charge in [0.25, 0.3) is 0 Å². The predicted molar refractivity (Wildman–Crippen MR) is 49.8 cm³/mol. The number of nitrogens with zero attached hydrogens (tertiary/aromatic N) is 1. The Kier molecular flexibility index (Phi) is 1.90. The topological polar surface area (TPSA) is 89.4 Å². The first-order valence-electron chi connectivity index (χ1n) is 4.40. The van der Waals surface area contributed by atoms with Crippen LogP contribution < -0.4 is 5.73 Å². The van der Waals surface area contributed by atoms with Crippen molar-refractivity contribution >= 4 is 5.69 Å². The molecule has 0 aromatic heterocycles. The van der Waals surface area contributed by atoms with Gasteiger partial charge in [0, 0.05) is 23.2 Å². The predicted octanol–water partition coefficient (Wildman–Crippen LogP) is 1.39. The van der Waals surface area contributed by atoms with E-state index >= 15 is 0 Å². The van der Waals surface area contributed by atoms with E-state index in [1.165, 1.54) is 0 Å². The largest absolute Gasteiger partial charge is 0.507 e. The zero-order chi connectivity index (χ0) is 11.2. The third kappa shape index (κ3) is 1.52. The van der Waals surface area contributed by atoms with Crippen molar-refractivity contribution in [2.24, 2.45) is 5.73 Å². The van der Waals surface area contributed by atoms with Crippen molar-refractivity contribution in [2.75, 3.05) is 0 Å². The van der Waals surface area contributed by atoms with E-state index in [0.29, 0.717) is 12.8 Å². The second-order valence-electron chi connectivity index (χ2n) is 3.73. The molecule has 15 heavy (non-hydrogen) atoms. The molecule has 0 unspecified atom stereocenters. The van der Waals surface area contributed by atoms with Crippen molar-refractivity contribution < 1.29 is 14.4 Å². The van der Waals surface area contributed by atoms with Crippen LogP contribution in [0.5, 0.6) is 5.75 Å². The fourth-order valence-corrected chi connectivity index (χ4v) is 1.49.